The van der Waals surface area contributed by atoms with Crippen LogP contribution < -0.4 is 16.0 Å². The largest absolute Gasteiger partial charge is 0.325 e. The van der Waals surface area contributed by atoms with Crippen LogP contribution >= 0.6 is 11.3 Å². The number of anilines is 2. The van der Waals surface area contributed by atoms with Crippen LogP contribution in [0.3, 0.4) is 0 Å². The Morgan fingerprint density at radius 1 is 1.25 bits per heavy atom. The molecule has 1 aromatic carbocycles. The van der Waals surface area contributed by atoms with E-state index in [-0.39, 0.29) is 24.0 Å². The van der Waals surface area contributed by atoms with Crippen LogP contribution in [0.2, 0.25) is 0 Å². The van der Waals surface area contributed by atoms with E-state index < -0.39 is 5.82 Å². The number of aliphatic imine (C=N–C) groups is 1. The lowest BCUT2D eigenvalue weighted by Crippen LogP contribution is -2.34. The fraction of sp³-hybridized carbons (Fsp3) is 0.345. The number of nitrogens with one attached hydrogen (secondary N) is 3. The van der Waals surface area contributed by atoms with E-state index in [0.29, 0.717) is 35.4 Å². The zero-order valence-electron chi connectivity index (χ0n) is 22.6. The number of carbonyl (C=O) groups is 2. The van der Waals surface area contributed by atoms with Crippen molar-refractivity contribution in [1.29, 1.82) is 0 Å². The van der Waals surface area contributed by atoms with Crippen molar-refractivity contribution >= 4 is 45.8 Å². The molecule has 0 radical (unpaired) electrons. The van der Waals surface area contributed by atoms with Gasteiger partial charge in [-0.15, -0.1) is 0 Å². The molecule has 208 valence electrons. The lowest BCUT2D eigenvalue weighted by atomic mass is 9.95. The molecule has 11 heteroatoms. The predicted molar refractivity (Wildman–Crippen MR) is 158 cm³/mol. The minimum atomic E-state index is -0.532. The van der Waals surface area contributed by atoms with Gasteiger partial charge in [0.15, 0.2) is 10.9 Å². The number of amides is 2. The zero-order valence-corrected chi connectivity index (χ0v) is 23.4. The third-order valence-corrected chi connectivity index (χ3v) is 8.02. The molecule has 2 aliphatic carbocycles. The first kappa shape index (κ1) is 27.6. The fourth-order valence-electron chi connectivity index (χ4n) is 5.26. The number of thiazole rings is 1. The van der Waals surface area contributed by atoms with E-state index in [1.165, 1.54) is 37.2 Å². The lowest BCUT2D eigenvalue weighted by molar-refractivity contribution is -0.115. The van der Waals surface area contributed by atoms with Crippen molar-refractivity contribution in [2.75, 3.05) is 24.2 Å². The molecule has 5 rings (SSSR count). The SMILES string of the molecule is C=C/C=C(\C=NC)c1nn(-c2ccc(NC(=O)CNC3CCCC3)cc2F)c2c1CCc1nc(NC(C)=O)sc1-2. The van der Waals surface area contributed by atoms with Crippen molar-refractivity contribution in [3.05, 3.63) is 59.7 Å². The van der Waals surface area contributed by atoms with E-state index in [1.807, 2.05) is 6.08 Å². The van der Waals surface area contributed by atoms with E-state index in [4.69, 9.17) is 5.10 Å². The maximum atomic E-state index is 15.7. The molecule has 3 N–H and O–H groups in total. The summed E-state index contributed by atoms with van der Waals surface area (Å²) in [6.45, 7) is 5.44. The van der Waals surface area contributed by atoms with Crippen LogP contribution in [0.5, 0.6) is 0 Å². The Bertz CT molecular complexity index is 1510. The van der Waals surface area contributed by atoms with Gasteiger partial charge >= 0.3 is 0 Å². The normalized spacial score (nSPS) is 15.2. The molecule has 40 heavy (non-hydrogen) atoms. The van der Waals surface area contributed by atoms with Crippen LogP contribution in [0.25, 0.3) is 21.8 Å². The standard InChI is InChI=1S/C29H32FN7O2S/c1-4-7-18(15-31-3)26-21-11-12-23-28(40-29(35-23)33-17(2)38)27(21)37(36-26)24-13-10-20(14-22(24)30)34-25(39)16-32-19-8-5-6-9-19/h4,7,10,13-15,19,32H,1,5-6,8-9,11-12,16H2,2-3H3,(H,34,39)(H,33,35,38)/b18-7+,31-15?. The molecule has 0 saturated heterocycles. The highest BCUT2D eigenvalue weighted by Crippen LogP contribution is 2.43. The number of rotatable bonds is 9. The average Bonchev–Trinajstić information content (AvgIpc) is 3.65. The van der Waals surface area contributed by atoms with Gasteiger partial charge in [0.2, 0.25) is 11.8 Å². The maximum absolute atomic E-state index is 15.7. The number of halogens is 1. The van der Waals surface area contributed by atoms with Gasteiger partial charge < -0.3 is 16.0 Å². The second-order valence-electron chi connectivity index (χ2n) is 9.89. The van der Waals surface area contributed by atoms with Gasteiger partial charge in [0.05, 0.1) is 28.5 Å². The quantitative estimate of drug-likeness (QED) is 0.253. The Morgan fingerprint density at radius 2 is 2.05 bits per heavy atom. The summed E-state index contributed by atoms with van der Waals surface area (Å²) in [6, 6.07) is 4.96. The molecule has 0 bridgehead atoms. The molecule has 0 unspecified atom stereocenters. The Kier molecular flexibility index (Phi) is 8.32. The molecular weight excluding hydrogens is 529 g/mol. The molecule has 1 saturated carbocycles. The second kappa shape index (κ2) is 12.1. The number of fused-ring (bicyclic) bond motifs is 3. The Hall–Kier alpha value is -3.96. The van der Waals surface area contributed by atoms with Crippen LogP contribution in [-0.4, -0.2) is 52.4 Å². The molecule has 2 aromatic heterocycles. The highest BCUT2D eigenvalue weighted by atomic mass is 32.1. The molecule has 2 amide bonds. The van der Waals surface area contributed by atoms with Crippen LogP contribution in [-0.2, 0) is 22.4 Å². The van der Waals surface area contributed by atoms with E-state index >= 15 is 4.39 Å². The Labute approximate surface area is 236 Å². The summed E-state index contributed by atoms with van der Waals surface area (Å²) in [6.07, 6.45) is 11.0. The number of benzene rings is 1. The Balaban J connectivity index is 1.51. The molecule has 2 aliphatic rings. The third-order valence-electron chi connectivity index (χ3n) is 7.00. The maximum Gasteiger partial charge on any atom is 0.238 e. The zero-order chi connectivity index (χ0) is 28.2. The highest BCUT2D eigenvalue weighted by molar-refractivity contribution is 7.19. The van der Waals surface area contributed by atoms with Crippen LogP contribution in [0.1, 0.15) is 49.6 Å². The molecular formula is C29H32FN7O2S. The van der Waals surface area contributed by atoms with Gasteiger partial charge in [-0.25, -0.2) is 14.1 Å². The smallest absolute Gasteiger partial charge is 0.238 e. The Morgan fingerprint density at radius 3 is 2.75 bits per heavy atom. The molecule has 0 aliphatic heterocycles. The summed E-state index contributed by atoms with van der Waals surface area (Å²) in [5.41, 5.74) is 4.52. The van der Waals surface area contributed by atoms with E-state index in [0.717, 1.165) is 40.2 Å². The first-order valence-electron chi connectivity index (χ1n) is 13.4. The van der Waals surface area contributed by atoms with Crippen molar-refractivity contribution in [1.82, 2.24) is 20.1 Å². The summed E-state index contributed by atoms with van der Waals surface area (Å²) in [5, 5.41) is 14.2. The monoisotopic (exact) mass is 561 g/mol. The van der Waals surface area contributed by atoms with Gasteiger partial charge in [-0.2, -0.15) is 5.10 Å². The van der Waals surface area contributed by atoms with Gasteiger partial charge in [-0.05, 0) is 43.9 Å². The molecule has 1 fully saturated rings. The van der Waals surface area contributed by atoms with Crippen molar-refractivity contribution in [3.63, 3.8) is 0 Å². The average molecular weight is 562 g/mol. The summed E-state index contributed by atoms with van der Waals surface area (Å²) in [5.74, 6) is -0.954. The van der Waals surface area contributed by atoms with Crippen molar-refractivity contribution in [2.24, 2.45) is 4.99 Å². The van der Waals surface area contributed by atoms with Crippen LogP contribution in [0.15, 0.2) is 41.9 Å². The lowest BCUT2D eigenvalue weighted by Gasteiger charge is -2.15. The van der Waals surface area contributed by atoms with Crippen LogP contribution in [0.4, 0.5) is 15.2 Å². The summed E-state index contributed by atoms with van der Waals surface area (Å²) in [7, 11) is 1.68. The number of carbonyl (C=O) groups excluding carboxylic acids is 2. The third kappa shape index (κ3) is 5.80. The number of hydrogen-bond acceptors (Lipinski definition) is 7. The molecule has 0 spiro atoms. The number of allylic oxidation sites excluding steroid dienone is 3. The van der Waals surface area contributed by atoms with Crippen LogP contribution in [0, 0.1) is 5.82 Å². The minimum absolute atomic E-state index is 0.187. The number of aryl methyl sites for hydroxylation is 1. The first-order valence-corrected chi connectivity index (χ1v) is 14.2. The van der Waals surface area contributed by atoms with E-state index in [2.05, 4.69) is 32.5 Å². The van der Waals surface area contributed by atoms with Gasteiger partial charge in [0.1, 0.15) is 5.69 Å². The van der Waals surface area contributed by atoms with Gasteiger partial charge in [0.25, 0.3) is 0 Å². The number of hydrogen-bond donors (Lipinski definition) is 3. The van der Waals surface area contributed by atoms with Crippen molar-refractivity contribution in [2.45, 2.75) is 51.5 Å². The van der Waals surface area contributed by atoms with E-state index in [1.54, 1.807) is 36.2 Å². The van der Waals surface area contributed by atoms with Gasteiger partial charge in [-0.1, -0.05) is 42.9 Å². The first-order chi connectivity index (χ1) is 19.4. The predicted octanol–water partition coefficient (Wildman–Crippen LogP) is 4.93. The molecule has 0 atom stereocenters. The summed E-state index contributed by atoms with van der Waals surface area (Å²) >= 11 is 1.34. The molecule has 2 heterocycles. The van der Waals surface area contributed by atoms with Crippen molar-refractivity contribution < 1.29 is 14.0 Å². The number of nitrogens with zero attached hydrogens (tertiary/aromatic N) is 4. The highest BCUT2D eigenvalue weighted by Gasteiger charge is 2.31. The summed E-state index contributed by atoms with van der Waals surface area (Å²) in [4.78, 5) is 33.8. The van der Waals surface area contributed by atoms with E-state index in [9.17, 15) is 9.59 Å². The van der Waals surface area contributed by atoms with Gasteiger partial charge in [0, 0.05) is 43.1 Å². The topological polar surface area (TPSA) is 113 Å². The number of aromatic nitrogens is 3. The second-order valence-corrected chi connectivity index (χ2v) is 10.9. The summed E-state index contributed by atoms with van der Waals surface area (Å²) < 4.78 is 17.3. The fourth-order valence-corrected chi connectivity index (χ4v) is 6.37. The molecule has 3 aromatic rings. The van der Waals surface area contributed by atoms with Gasteiger partial charge in [-0.3, -0.25) is 14.6 Å². The molecule has 9 nitrogen and oxygen atoms in total. The van der Waals surface area contributed by atoms with Crippen molar-refractivity contribution in [3.8, 4) is 16.3 Å². The minimum Gasteiger partial charge on any atom is -0.325 e.